The summed E-state index contributed by atoms with van der Waals surface area (Å²) in [6.07, 6.45) is 1.62. The van der Waals surface area contributed by atoms with Crippen LogP contribution < -0.4 is 10.6 Å². The van der Waals surface area contributed by atoms with E-state index in [4.69, 9.17) is 4.74 Å². The van der Waals surface area contributed by atoms with Gasteiger partial charge in [0.05, 0.1) is 0 Å². The number of amides is 3. The standard InChI is InChI=1S/C16H23N3O3/c1-16(2,3)22-15(21)18-13-8-6-12(7-9-13)17-14(20)19-10-4-5-11-19/h6-9H,4-5,10-11H2,1-3H3,(H,17,20)(H,18,21). The number of nitrogens with zero attached hydrogens (tertiary/aromatic N) is 1. The highest BCUT2D eigenvalue weighted by Crippen LogP contribution is 2.17. The van der Waals surface area contributed by atoms with E-state index < -0.39 is 11.7 Å². The molecule has 0 aromatic heterocycles. The van der Waals surface area contributed by atoms with Crippen molar-refractivity contribution in [3.05, 3.63) is 24.3 Å². The number of anilines is 2. The molecule has 0 radical (unpaired) electrons. The molecule has 1 aliphatic heterocycles. The van der Waals surface area contributed by atoms with Crippen molar-refractivity contribution in [2.24, 2.45) is 0 Å². The number of hydrogen-bond donors (Lipinski definition) is 2. The number of likely N-dealkylation sites (tertiary alicyclic amines) is 1. The molecule has 3 amide bonds. The molecule has 6 heteroatoms. The molecule has 6 nitrogen and oxygen atoms in total. The van der Waals surface area contributed by atoms with Gasteiger partial charge in [-0.25, -0.2) is 9.59 Å². The Morgan fingerprint density at radius 3 is 2.00 bits per heavy atom. The third-order valence-corrected chi connectivity index (χ3v) is 3.17. The summed E-state index contributed by atoms with van der Waals surface area (Å²) in [5.41, 5.74) is 0.785. The first-order chi connectivity index (χ1) is 10.3. The predicted molar refractivity (Wildman–Crippen MR) is 86.1 cm³/mol. The van der Waals surface area contributed by atoms with Crippen LogP contribution in [0, 0.1) is 0 Å². The summed E-state index contributed by atoms with van der Waals surface area (Å²) in [6, 6.07) is 6.87. The van der Waals surface area contributed by atoms with Gasteiger partial charge in [-0.1, -0.05) is 0 Å². The van der Waals surface area contributed by atoms with Crippen molar-refractivity contribution >= 4 is 23.5 Å². The van der Waals surface area contributed by atoms with Crippen LogP contribution in [0.25, 0.3) is 0 Å². The summed E-state index contributed by atoms with van der Waals surface area (Å²) in [6.45, 7) is 7.05. The minimum Gasteiger partial charge on any atom is -0.444 e. The van der Waals surface area contributed by atoms with Gasteiger partial charge in [-0.05, 0) is 57.9 Å². The molecule has 0 atom stereocenters. The monoisotopic (exact) mass is 305 g/mol. The van der Waals surface area contributed by atoms with Gasteiger partial charge < -0.3 is 15.0 Å². The molecule has 1 aliphatic rings. The fourth-order valence-corrected chi connectivity index (χ4v) is 2.18. The van der Waals surface area contributed by atoms with Gasteiger partial charge in [0, 0.05) is 24.5 Å². The maximum Gasteiger partial charge on any atom is 0.412 e. The molecule has 2 N–H and O–H groups in total. The number of urea groups is 1. The van der Waals surface area contributed by atoms with Crippen LogP contribution >= 0.6 is 0 Å². The number of ether oxygens (including phenoxy) is 1. The second-order valence-corrected chi connectivity index (χ2v) is 6.33. The highest BCUT2D eigenvalue weighted by atomic mass is 16.6. The average molecular weight is 305 g/mol. The van der Waals surface area contributed by atoms with Crippen LogP contribution in [0.3, 0.4) is 0 Å². The Hall–Kier alpha value is -2.24. The van der Waals surface area contributed by atoms with E-state index in [1.165, 1.54) is 0 Å². The molecule has 1 aromatic carbocycles. The van der Waals surface area contributed by atoms with Crippen molar-refractivity contribution in [1.82, 2.24) is 4.90 Å². The lowest BCUT2D eigenvalue weighted by molar-refractivity contribution is 0.0636. The molecule has 120 valence electrons. The molecule has 22 heavy (non-hydrogen) atoms. The first-order valence-corrected chi connectivity index (χ1v) is 7.49. The lowest BCUT2D eigenvalue weighted by Gasteiger charge is -2.20. The minimum absolute atomic E-state index is 0.0784. The maximum atomic E-state index is 12.0. The van der Waals surface area contributed by atoms with Gasteiger partial charge in [0.2, 0.25) is 0 Å². The number of nitrogens with one attached hydrogen (secondary N) is 2. The lowest BCUT2D eigenvalue weighted by atomic mass is 10.2. The predicted octanol–water partition coefficient (Wildman–Crippen LogP) is 3.66. The van der Waals surface area contributed by atoms with E-state index in [1.807, 2.05) is 20.8 Å². The largest absolute Gasteiger partial charge is 0.444 e. The van der Waals surface area contributed by atoms with Crippen molar-refractivity contribution in [3.8, 4) is 0 Å². The van der Waals surface area contributed by atoms with Crippen molar-refractivity contribution in [2.75, 3.05) is 23.7 Å². The Bertz CT molecular complexity index is 529. The smallest absolute Gasteiger partial charge is 0.412 e. The SMILES string of the molecule is CC(C)(C)OC(=O)Nc1ccc(NC(=O)N2CCCC2)cc1. The van der Waals surface area contributed by atoms with Crippen LogP contribution in [0.2, 0.25) is 0 Å². The lowest BCUT2D eigenvalue weighted by Crippen LogP contribution is -2.32. The van der Waals surface area contributed by atoms with Crippen LogP contribution in [0.15, 0.2) is 24.3 Å². The first-order valence-electron chi connectivity index (χ1n) is 7.49. The Morgan fingerprint density at radius 1 is 1.00 bits per heavy atom. The molecule has 2 rings (SSSR count). The van der Waals surface area contributed by atoms with E-state index in [0.29, 0.717) is 11.4 Å². The fourth-order valence-electron chi connectivity index (χ4n) is 2.18. The van der Waals surface area contributed by atoms with Gasteiger partial charge in [0.1, 0.15) is 5.60 Å². The van der Waals surface area contributed by atoms with Crippen LogP contribution in [0.4, 0.5) is 21.0 Å². The van der Waals surface area contributed by atoms with E-state index in [-0.39, 0.29) is 6.03 Å². The number of carbonyl (C=O) groups excluding carboxylic acids is 2. The van der Waals surface area contributed by atoms with Gasteiger partial charge in [-0.2, -0.15) is 0 Å². The van der Waals surface area contributed by atoms with Gasteiger partial charge >= 0.3 is 12.1 Å². The molecular weight excluding hydrogens is 282 g/mol. The van der Waals surface area contributed by atoms with E-state index in [9.17, 15) is 9.59 Å². The Morgan fingerprint density at radius 2 is 1.50 bits per heavy atom. The van der Waals surface area contributed by atoms with Crippen molar-refractivity contribution < 1.29 is 14.3 Å². The molecule has 0 saturated carbocycles. The molecule has 0 unspecified atom stereocenters. The summed E-state index contributed by atoms with van der Waals surface area (Å²) in [5.74, 6) is 0. The number of carbonyl (C=O) groups is 2. The average Bonchev–Trinajstić information content (AvgIpc) is 2.92. The summed E-state index contributed by atoms with van der Waals surface area (Å²) in [4.78, 5) is 25.4. The Kier molecular flexibility index (Phi) is 4.90. The van der Waals surface area contributed by atoms with Gasteiger partial charge in [0.15, 0.2) is 0 Å². The number of rotatable bonds is 2. The first kappa shape index (κ1) is 16.1. The molecule has 0 bridgehead atoms. The molecule has 1 fully saturated rings. The van der Waals surface area contributed by atoms with Crippen LogP contribution in [-0.4, -0.2) is 35.7 Å². The molecule has 0 aliphatic carbocycles. The number of hydrogen-bond acceptors (Lipinski definition) is 3. The van der Waals surface area contributed by atoms with Crippen molar-refractivity contribution in [1.29, 1.82) is 0 Å². The molecule has 1 saturated heterocycles. The quantitative estimate of drug-likeness (QED) is 0.876. The maximum absolute atomic E-state index is 12.0. The second-order valence-electron chi connectivity index (χ2n) is 6.33. The van der Waals surface area contributed by atoms with Crippen LogP contribution in [-0.2, 0) is 4.74 Å². The van der Waals surface area contributed by atoms with Gasteiger partial charge in [-0.15, -0.1) is 0 Å². The van der Waals surface area contributed by atoms with E-state index in [0.717, 1.165) is 25.9 Å². The zero-order valence-electron chi connectivity index (χ0n) is 13.3. The van der Waals surface area contributed by atoms with E-state index >= 15 is 0 Å². The Balaban J connectivity index is 1.87. The van der Waals surface area contributed by atoms with Gasteiger partial charge in [-0.3, -0.25) is 5.32 Å². The summed E-state index contributed by atoms with van der Waals surface area (Å²) < 4.78 is 5.18. The van der Waals surface area contributed by atoms with E-state index in [2.05, 4.69) is 10.6 Å². The highest BCUT2D eigenvalue weighted by molar-refractivity contribution is 5.90. The fraction of sp³-hybridized carbons (Fsp3) is 0.500. The summed E-state index contributed by atoms with van der Waals surface area (Å²) >= 11 is 0. The zero-order valence-corrected chi connectivity index (χ0v) is 13.3. The molecule has 0 spiro atoms. The summed E-state index contributed by atoms with van der Waals surface area (Å²) in [5, 5.41) is 5.50. The van der Waals surface area contributed by atoms with Crippen molar-refractivity contribution in [3.63, 3.8) is 0 Å². The van der Waals surface area contributed by atoms with E-state index in [1.54, 1.807) is 29.2 Å². The van der Waals surface area contributed by atoms with Crippen LogP contribution in [0.1, 0.15) is 33.6 Å². The topological polar surface area (TPSA) is 70.7 Å². The zero-order chi connectivity index (χ0) is 16.2. The third kappa shape index (κ3) is 4.95. The summed E-state index contributed by atoms with van der Waals surface area (Å²) in [7, 11) is 0. The second kappa shape index (κ2) is 6.68. The number of benzene rings is 1. The molecular formula is C16H23N3O3. The van der Waals surface area contributed by atoms with Crippen molar-refractivity contribution in [2.45, 2.75) is 39.2 Å². The molecule has 1 aromatic rings. The van der Waals surface area contributed by atoms with Gasteiger partial charge in [0.25, 0.3) is 0 Å². The highest BCUT2D eigenvalue weighted by Gasteiger charge is 2.18. The molecule has 1 heterocycles. The normalized spacial score (nSPS) is 14.6. The third-order valence-electron chi connectivity index (χ3n) is 3.17. The van der Waals surface area contributed by atoms with Crippen LogP contribution in [0.5, 0.6) is 0 Å². The Labute approximate surface area is 130 Å². The minimum atomic E-state index is -0.534.